The van der Waals surface area contributed by atoms with E-state index in [1.54, 1.807) is 0 Å². The van der Waals surface area contributed by atoms with E-state index in [2.05, 4.69) is 0 Å². The Bertz CT molecular complexity index is 433. The molecule has 1 atom stereocenters. The minimum Gasteiger partial charge on any atom is -0.481 e. The van der Waals surface area contributed by atoms with Gasteiger partial charge < -0.3 is 9.84 Å². The minimum absolute atomic E-state index is 0.000325. The molecular weight excluding hydrogens is 258 g/mol. The maximum Gasteiger partial charge on any atom is 0.327 e. The first kappa shape index (κ1) is 16.2. The van der Waals surface area contributed by atoms with Crippen LogP contribution in [0.1, 0.15) is 31.4 Å². The molecule has 0 aromatic heterocycles. The van der Waals surface area contributed by atoms with Gasteiger partial charge in [-0.25, -0.2) is 4.79 Å². The molecule has 0 radical (unpaired) electrons. The molecule has 1 unspecified atom stereocenters. The fourth-order valence-corrected chi connectivity index (χ4v) is 2.14. The van der Waals surface area contributed by atoms with Crippen LogP contribution in [0.3, 0.4) is 0 Å². The SMILES string of the molecule is CCCN(CCC(=O)O)C(C(=O)OC)c1ccccc1. The summed E-state index contributed by atoms with van der Waals surface area (Å²) in [6, 6.07) is 8.73. The Labute approximate surface area is 119 Å². The zero-order valence-electron chi connectivity index (χ0n) is 11.9. The first-order valence-corrected chi connectivity index (χ1v) is 6.68. The van der Waals surface area contributed by atoms with E-state index in [-0.39, 0.29) is 12.4 Å². The van der Waals surface area contributed by atoms with Crippen LogP contribution in [0.2, 0.25) is 0 Å². The second kappa shape index (κ2) is 8.32. The van der Waals surface area contributed by atoms with E-state index in [4.69, 9.17) is 9.84 Å². The highest BCUT2D eigenvalue weighted by Crippen LogP contribution is 2.22. The third-order valence-corrected chi connectivity index (χ3v) is 3.03. The van der Waals surface area contributed by atoms with Crippen molar-refractivity contribution in [3.63, 3.8) is 0 Å². The molecule has 1 rings (SSSR count). The van der Waals surface area contributed by atoms with E-state index in [0.717, 1.165) is 12.0 Å². The number of esters is 1. The van der Waals surface area contributed by atoms with Gasteiger partial charge in [-0.1, -0.05) is 37.3 Å². The Morgan fingerprint density at radius 3 is 2.40 bits per heavy atom. The monoisotopic (exact) mass is 279 g/mol. The molecule has 0 saturated carbocycles. The van der Waals surface area contributed by atoms with Gasteiger partial charge in [0.1, 0.15) is 6.04 Å². The minimum atomic E-state index is -0.872. The van der Waals surface area contributed by atoms with E-state index in [0.29, 0.717) is 13.1 Å². The molecule has 0 aliphatic rings. The summed E-state index contributed by atoms with van der Waals surface area (Å²) in [7, 11) is 1.35. The molecule has 1 N–H and O–H groups in total. The Balaban J connectivity index is 2.98. The maximum atomic E-state index is 12.1. The fourth-order valence-electron chi connectivity index (χ4n) is 2.14. The van der Waals surface area contributed by atoms with Crippen LogP contribution in [0, 0.1) is 0 Å². The number of carboxylic acids is 1. The molecule has 110 valence electrons. The number of carbonyl (C=O) groups is 2. The van der Waals surface area contributed by atoms with Crippen LogP contribution in [-0.4, -0.2) is 42.1 Å². The summed E-state index contributed by atoms with van der Waals surface area (Å²) in [5.41, 5.74) is 0.818. The summed E-state index contributed by atoms with van der Waals surface area (Å²) in [5, 5.41) is 8.84. The van der Waals surface area contributed by atoms with E-state index in [1.807, 2.05) is 42.2 Å². The van der Waals surface area contributed by atoms with Gasteiger partial charge in [-0.05, 0) is 18.5 Å². The lowest BCUT2D eigenvalue weighted by Crippen LogP contribution is -2.37. The predicted molar refractivity (Wildman–Crippen MR) is 75.3 cm³/mol. The number of carboxylic acid groups (broad SMARTS) is 1. The molecule has 5 heteroatoms. The average Bonchev–Trinajstić information content (AvgIpc) is 2.45. The van der Waals surface area contributed by atoms with E-state index < -0.39 is 12.0 Å². The second-order valence-electron chi connectivity index (χ2n) is 4.52. The van der Waals surface area contributed by atoms with Gasteiger partial charge in [0.25, 0.3) is 0 Å². The molecule has 0 spiro atoms. The van der Waals surface area contributed by atoms with Gasteiger partial charge in [-0.2, -0.15) is 0 Å². The molecule has 20 heavy (non-hydrogen) atoms. The zero-order valence-corrected chi connectivity index (χ0v) is 11.9. The summed E-state index contributed by atoms with van der Waals surface area (Å²) in [6.07, 6.45) is 0.834. The van der Waals surface area contributed by atoms with Crippen molar-refractivity contribution >= 4 is 11.9 Å². The molecule has 0 aliphatic carbocycles. The number of aliphatic carboxylic acids is 1. The number of ether oxygens (including phenoxy) is 1. The largest absolute Gasteiger partial charge is 0.481 e. The van der Waals surface area contributed by atoms with Crippen molar-refractivity contribution in [1.82, 2.24) is 4.90 Å². The highest BCUT2D eigenvalue weighted by Gasteiger charge is 2.28. The lowest BCUT2D eigenvalue weighted by molar-refractivity contribution is -0.148. The Hall–Kier alpha value is -1.88. The molecule has 0 aliphatic heterocycles. The van der Waals surface area contributed by atoms with E-state index in [1.165, 1.54) is 7.11 Å². The van der Waals surface area contributed by atoms with Crippen LogP contribution < -0.4 is 0 Å². The zero-order chi connectivity index (χ0) is 15.0. The third kappa shape index (κ3) is 4.66. The van der Waals surface area contributed by atoms with Crippen LogP contribution in [0.4, 0.5) is 0 Å². The first-order chi connectivity index (χ1) is 9.60. The summed E-state index contributed by atoms with van der Waals surface area (Å²) >= 11 is 0. The molecule has 1 aromatic rings. The Kier molecular flexibility index (Phi) is 6.73. The van der Waals surface area contributed by atoms with E-state index in [9.17, 15) is 9.59 Å². The quantitative estimate of drug-likeness (QED) is 0.738. The van der Waals surface area contributed by atoms with Gasteiger partial charge in [-0.3, -0.25) is 9.69 Å². The number of hydrogen-bond donors (Lipinski definition) is 1. The van der Waals surface area contributed by atoms with Crippen LogP contribution >= 0.6 is 0 Å². The number of rotatable bonds is 8. The van der Waals surface area contributed by atoms with E-state index >= 15 is 0 Å². The van der Waals surface area contributed by atoms with Crippen molar-refractivity contribution in [2.45, 2.75) is 25.8 Å². The molecule has 1 aromatic carbocycles. The average molecular weight is 279 g/mol. The van der Waals surface area contributed by atoms with Gasteiger partial charge in [0.2, 0.25) is 0 Å². The normalized spacial score (nSPS) is 12.2. The van der Waals surface area contributed by atoms with Crippen LogP contribution in [0.25, 0.3) is 0 Å². The standard InChI is InChI=1S/C15H21NO4/c1-3-10-16(11-9-13(17)18)14(15(19)20-2)12-7-5-4-6-8-12/h4-8,14H,3,9-11H2,1-2H3,(H,17,18). The van der Waals surface area contributed by atoms with Crippen LogP contribution in [0.5, 0.6) is 0 Å². The van der Waals surface area contributed by atoms with Gasteiger partial charge >= 0.3 is 11.9 Å². The van der Waals surface area contributed by atoms with Crippen LogP contribution in [-0.2, 0) is 14.3 Å². The first-order valence-electron chi connectivity index (χ1n) is 6.68. The van der Waals surface area contributed by atoms with Crippen molar-refractivity contribution in [2.75, 3.05) is 20.2 Å². The smallest absolute Gasteiger partial charge is 0.327 e. The van der Waals surface area contributed by atoms with Crippen molar-refractivity contribution in [1.29, 1.82) is 0 Å². The van der Waals surface area contributed by atoms with Gasteiger partial charge in [0.05, 0.1) is 13.5 Å². The number of nitrogens with zero attached hydrogens (tertiary/aromatic N) is 1. The maximum absolute atomic E-state index is 12.1. The Morgan fingerprint density at radius 1 is 1.25 bits per heavy atom. The summed E-state index contributed by atoms with van der Waals surface area (Å²) in [4.78, 5) is 24.7. The summed E-state index contributed by atoms with van der Waals surface area (Å²) < 4.78 is 4.87. The molecule has 0 heterocycles. The predicted octanol–water partition coefficient (Wildman–Crippen LogP) is 2.09. The number of benzene rings is 1. The van der Waals surface area contributed by atoms with Crippen molar-refractivity contribution in [3.05, 3.63) is 35.9 Å². The lowest BCUT2D eigenvalue weighted by atomic mass is 10.0. The highest BCUT2D eigenvalue weighted by molar-refractivity contribution is 5.77. The number of hydrogen-bond acceptors (Lipinski definition) is 4. The van der Waals surface area contributed by atoms with Crippen molar-refractivity contribution < 1.29 is 19.4 Å². The van der Waals surface area contributed by atoms with Crippen molar-refractivity contribution in [2.24, 2.45) is 0 Å². The fraction of sp³-hybridized carbons (Fsp3) is 0.467. The number of carbonyl (C=O) groups excluding carboxylic acids is 1. The third-order valence-electron chi connectivity index (χ3n) is 3.03. The Morgan fingerprint density at radius 2 is 1.90 bits per heavy atom. The van der Waals surface area contributed by atoms with Gasteiger partial charge in [-0.15, -0.1) is 0 Å². The molecule has 5 nitrogen and oxygen atoms in total. The molecule has 0 saturated heterocycles. The molecule has 0 bridgehead atoms. The molecular formula is C15H21NO4. The summed E-state index contributed by atoms with van der Waals surface area (Å²) in [6.45, 7) is 2.95. The van der Waals surface area contributed by atoms with Gasteiger partial charge in [0.15, 0.2) is 0 Å². The van der Waals surface area contributed by atoms with Gasteiger partial charge in [0, 0.05) is 6.54 Å². The molecule has 0 fully saturated rings. The number of methoxy groups -OCH3 is 1. The summed E-state index contributed by atoms with van der Waals surface area (Å²) in [5.74, 6) is -1.24. The van der Waals surface area contributed by atoms with Crippen LogP contribution in [0.15, 0.2) is 30.3 Å². The topological polar surface area (TPSA) is 66.8 Å². The molecule has 0 amide bonds. The second-order valence-corrected chi connectivity index (χ2v) is 4.52. The van der Waals surface area contributed by atoms with Crippen molar-refractivity contribution in [3.8, 4) is 0 Å². The lowest BCUT2D eigenvalue weighted by Gasteiger charge is -2.29. The highest BCUT2D eigenvalue weighted by atomic mass is 16.5.